The number of ether oxygens (including phenoxy) is 2. The highest BCUT2D eigenvalue weighted by atomic mass is 32.2. The van der Waals surface area contributed by atoms with Crippen molar-refractivity contribution in [1.29, 1.82) is 0 Å². The zero-order chi connectivity index (χ0) is 11.9. The summed E-state index contributed by atoms with van der Waals surface area (Å²) >= 11 is 1.84. The van der Waals surface area contributed by atoms with Crippen molar-refractivity contribution in [2.75, 3.05) is 39.2 Å². The van der Waals surface area contributed by atoms with Crippen molar-refractivity contribution in [2.24, 2.45) is 10.9 Å². The first kappa shape index (κ1) is 13.2. The summed E-state index contributed by atoms with van der Waals surface area (Å²) in [4.78, 5) is 4.62. The van der Waals surface area contributed by atoms with Gasteiger partial charge in [-0.3, -0.25) is 4.99 Å². The normalized spacial score (nSPS) is 31.0. The van der Waals surface area contributed by atoms with Crippen LogP contribution in [0.25, 0.3) is 0 Å². The Morgan fingerprint density at radius 2 is 2.47 bits per heavy atom. The van der Waals surface area contributed by atoms with E-state index in [2.05, 4.69) is 10.3 Å². The lowest BCUT2D eigenvalue weighted by Gasteiger charge is -2.08. The van der Waals surface area contributed by atoms with Crippen molar-refractivity contribution in [3.8, 4) is 0 Å². The van der Waals surface area contributed by atoms with Crippen LogP contribution in [0.3, 0.4) is 0 Å². The van der Waals surface area contributed by atoms with Gasteiger partial charge in [-0.2, -0.15) is 0 Å². The van der Waals surface area contributed by atoms with Crippen LogP contribution in [0.5, 0.6) is 0 Å². The second kappa shape index (κ2) is 7.24. The van der Waals surface area contributed by atoms with Crippen LogP contribution in [-0.4, -0.2) is 50.4 Å². The number of amidine groups is 1. The minimum atomic E-state index is 0.536. The fourth-order valence-corrected chi connectivity index (χ4v) is 3.15. The molecule has 2 aliphatic rings. The van der Waals surface area contributed by atoms with Crippen LogP contribution in [0.1, 0.15) is 19.3 Å². The molecule has 2 fully saturated rings. The van der Waals surface area contributed by atoms with E-state index in [9.17, 15) is 0 Å². The molecule has 2 rings (SSSR count). The van der Waals surface area contributed by atoms with Crippen LogP contribution in [0.4, 0.5) is 0 Å². The van der Waals surface area contributed by atoms with Crippen LogP contribution in [0.15, 0.2) is 4.99 Å². The molecule has 0 saturated carbocycles. The third-order valence-corrected chi connectivity index (χ3v) is 4.33. The van der Waals surface area contributed by atoms with Gasteiger partial charge in [-0.1, -0.05) is 11.8 Å². The SMILES string of the molecule is COCCC1CSC(=NCCC2CCOC2)N1. The molecular weight excluding hydrogens is 236 g/mol. The molecule has 2 heterocycles. The van der Waals surface area contributed by atoms with E-state index in [-0.39, 0.29) is 0 Å². The molecule has 0 radical (unpaired) electrons. The molecule has 17 heavy (non-hydrogen) atoms. The van der Waals surface area contributed by atoms with Crippen LogP contribution in [0, 0.1) is 5.92 Å². The van der Waals surface area contributed by atoms with Crippen LogP contribution >= 0.6 is 11.8 Å². The van der Waals surface area contributed by atoms with Gasteiger partial charge in [0.05, 0.1) is 0 Å². The molecule has 98 valence electrons. The lowest BCUT2D eigenvalue weighted by atomic mass is 10.1. The second-order valence-electron chi connectivity index (χ2n) is 4.64. The molecule has 0 bridgehead atoms. The van der Waals surface area contributed by atoms with Crippen LogP contribution < -0.4 is 5.32 Å². The number of thioether (sulfide) groups is 1. The molecule has 2 unspecified atom stereocenters. The zero-order valence-corrected chi connectivity index (χ0v) is 11.3. The molecule has 0 aromatic heterocycles. The van der Waals surface area contributed by atoms with E-state index in [0.717, 1.165) is 56.0 Å². The number of hydrogen-bond donors (Lipinski definition) is 1. The first-order valence-electron chi connectivity index (χ1n) is 6.39. The summed E-state index contributed by atoms with van der Waals surface area (Å²) < 4.78 is 10.4. The molecule has 0 aromatic carbocycles. The topological polar surface area (TPSA) is 42.9 Å². The highest BCUT2D eigenvalue weighted by Crippen LogP contribution is 2.18. The van der Waals surface area contributed by atoms with Crippen molar-refractivity contribution in [3.05, 3.63) is 0 Å². The molecule has 5 heteroatoms. The average Bonchev–Trinajstić information content (AvgIpc) is 2.98. The summed E-state index contributed by atoms with van der Waals surface area (Å²) in [6, 6.07) is 0.536. The molecule has 4 nitrogen and oxygen atoms in total. The molecular formula is C12H22N2O2S. The molecule has 0 spiro atoms. The van der Waals surface area contributed by atoms with Gasteiger partial charge in [-0.25, -0.2) is 0 Å². The third-order valence-electron chi connectivity index (χ3n) is 3.24. The Morgan fingerprint density at radius 1 is 1.53 bits per heavy atom. The van der Waals surface area contributed by atoms with Crippen molar-refractivity contribution in [1.82, 2.24) is 5.32 Å². The van der Waals surface area contributed by atoms with Gasteiger partial charge in [0.1, 0.15) is 0 Å². The standard InChI is InChI=1S/C12H22N2O2S/c1-15-6-4-11-9-17-12(14-11)13-5-2-10-3-7-16-8-10/h10-11H,2-9H2,1H3,(H,13,14). The first-order valence-corrected chi connectivity index (χ1v) is 7.37. The van der Waals surface area contributed by atoms with Crippen LogP contribution in [-0.2, 0) is 9.47 Å². The lowest BCUT2D eigenvalue weighted by molar-refractivity contribution is 0.184. The highest BCUT2D eigenvalue weighted by Gasteiger charge is 2.20. The number of rotatable bonds is 6. The van der Waals surface area contributed by atoms with E-state index in [1.54, 1.807) is 7.11 Å². The summed E-state index contributed by atoms with van der Waals surface area (Å²) in [5.41, 5.74) is 0. The van der Waals surface area contributed by atoms with Crippen molar-refractivity contribution in [3.63, 3.8) is 0 Å². The van der Waals surface area contributed by atoms with E-state index >= 15 is 0 Å². The zero-order valence-electron chi connectivity index (χ0n) is 10.5. The molecule has 0 amide bonds. The molecule has 0 aromatic rings. The van der Waals surface area contributed by atoms with Crippen molar-refractivity contribution in [2.45, 2.75) is 25.3 Å². The number of nitrogens with zero attached hydrogens (tertiary/aromatic N) is 1. The summed E-state index contributed by atoms with van der Waals surface area (Å²) in [5.74, 6) is 1.85. The Bertz CT molecular complexity index is 255. The number of hydrogen-bond acceptors (Lipinski definition) is 4. The third kappa shape index (κ3) is 4.48. The van der Waals surface area contributed by atoms with Gasteiger partial charge in [0.2, 0.25) is 0 Å². The van der Waals surface area contributed by atoms with Crippen LogP contribution in [0.2, 0.25) is 0 Å². The van der Waals surface area contributed by atoms with Gasteiger partial charge in [-0.15, -0.1) is 0 Å². The summed E-state index contributed by atoms with van der Waals surface area (Å²) in [7, 11) is 1.75. The predicted molar refractivity (Wildman–Crippen MR) is 71.7 cm³/mol. The second-order valence-corrected chi connectivity index (χ2v) is 5.65. The number of methoxy groups -OCH3 is 1. The maximum absolute atomic E-state index is 5.36. The number of aliphatic imine (C=N–C) groups is 1. The Kier molecular flexibility index (Phi) is 5.61. The Labute approximate surface area is 108 Å². The van der Waals surface area contributed by atoms with Crippen molar-refractivity contribution >= 4 is 16.9 Å². The van der Waals surface area contributed by atoms with Gasteiger partial charge in [0.25, 0.3) is 0 Å². The van der Waals surface area contributed by atoms with Gasteiger partial charge in [0, 0.05) is 45.3 Å². The Morgan fingerprint density at radius 3 is 3.24 bits per heavy atom. The van der Waals surface area contributed by atoms with E-state index in [1.807, 2.05) is 11.8 Å². The largest absolute Gasteiger partial charge is 0.385 e. The lowest BCUT2D eigenvalue weighted by Crippen LogP contribution is -2.28. The maximum atomic E-state index is 5.36. The quantitative estimate of drug-likeness (QED) is 0.784. The molecule has 2 atom stereocenters. The Hall–Kier alpha value is -0.260. The van der Waals surface area contributed by atoms with E-state index in [1.165, 1.54) is 6.42 Å². The van der Waals surface area contributed by atoms with E-state index in [4.69, 9.17) is 9.47 Å². The van der Waals surface area contributed by atoms with Crippen molar-refractivity contribution < 1.29 is 9.47 Å². The molecule has 2 saturated heterocycles. The van der Waals surface area contributed by atoms with Gasteiger partial charge in [-0.05, 0) is 25.2 Å². The summed E-state index contributed by atoms with van der Waals surface area (Å²) in [6.45, 7) is 3.63. The smallest absolute Gasteiger partial charge is 0.156 e. The molecule has 2 aliphatic heterocycles. The monoisotopic (exact) mass is 258 g/mol. The molecule has 0 aliphatic carbocycles. The van der Waals surface area contributed by atoms with Gasteiger partial charge < -0.3 is 14.8 Å². The Balaban J connectivity index is 1.61. The maximum Gasteiger partial charge on any atom is 0.156 e. The fraction of sp³-hybridized carbons (Fsp3) is 0.917. The minimum absolute atomic E-state index is 0.536. The van der Waals surface area contributed by atoms with Gasteiger partial charge in [0.15, 0.2) is 5.17 Å². The average molecular weight is 258 g/mol. The summed E-state index contributed by atoms with van der Waals surface area (Å²) in [6.07, 6.45) is 3.44. The van der Waals surface area contributed by atoms with Gasteiger partial charge >= 0.3 is 0 Å². The van der Waals surface area contributed by atoms with E-state index in [0.29, 0.717) is 6.04 Å². The fourth-order valence-electron chi connectivity index (χ4n) is 2.10. The predicted octanol–water partition coefficient (Wildman–Crippen LogP) is 1.51. The summed E-state index contributed by atoms with van der Waals surface area (Å²) in [5, 5.41) is 4.57. The molecule has 1 N–H and O–H groups in total. The van der Waals surface area contributed by atoms with E-state index < -0.39 is 0 Å². The highest BCUT2D eigenvalue weighted by molar-refractivity contribution is 8.14. The number of nitrogens with one attached hydrogen (secondary N) is 1. The minimum Gasteiger partial charge on any atom is -0.385 e. The first-order chi connectivity index (χ1) is 8.38.